The van der Waals surface area contributed by atoms with Crippen molar-refractivity contribution in [2.75, 3.05) is 0 Å². The van der Waals surface area contributed by atoms with Gasteiger partial charge in [0, 0.05) is 38.6 Å². The van der Waals surface area contributed by atoms with E-state index in [1.807, 2.05) is 0 Å². The van der Waals surface area contributed by atoms with Crippen LogP contribution in [0.1, 0.15) is 0 Å². The monoisotopic (exact) mass is 625 g/mol. The van der Waals surface area contributed by atoms with Crippen LogP contribution in [0.4, 0.5) is 0 Å². The summed E-state index contributed by atoms with van der Waals surface area (Å²) in [6.45, 7) is 0. The molecule has 46 heavy (non-hydrogen) atoms. The Bertz CT molecular complexity index is 2560. The molecule has 9 rings (SSSR count). The number of hydrogen-bond donors (Lipinski definition) is 0. The highest BCUT2D eigenvalue weighted by Gasteiger charge is 2.28. The summed E-state index contributed by atoms with van der Waals surface area (Å²) >= 11 is 6.79. The van der Waals surface area contributed by atoms with E-state index in [2.05, 4.69) is 174 Å². The zero-order chi connectivity index (χ0) is 30.7. The Morgan fingerprint density at radius 3 is 1.76 bits per heavy atom. The van der Waals surface area contributed by atoms with Gasteiger partial charge in [-0.25, -0.2) is 0 Å². The van der Waals surface area contributed by atoms with Gasteiger partial charge in [-0.15, -0.1) is 0 Å². The lowest BCUT2D eigenvalue weighted by Gasteiger charge is -2.24. The number of benzene rings is 7. The minimum atomic E-state index is -2.40. The molecular weight excluding hydrogens is 598 g/mol. The van der Waals surface area contributed by atoms with Crippen molar-refractivity contribution in [3.8, 4) is 16.8 Å². The molecule has 4 heteroatoms. The Morgan fingerprint density at radius 1 is 0.457 bits per heavy atom. The summed E-state index contributed by atoms with van der Waals surface area (Å²) < 4.78 is 8.85. The summed E-state index contributed by atoms with van der Waals surface area (Å²) in [5.74, 6) is 0. The van der Waals surface area contributed by atoms with Gasteiger partial charge in [0.25, 0.3) is 0 Å². The number of para-hydroxylation sites is 2. The summed E-state index contributed by atoms with van der Waals surface area (Å²) in [7, 11) is 0. The van der Waals surface area contributed by atoms with Gasteiger partial charge in [-0.05, 0) is 70.3 Å². The molecule has 0 bridgehead atoms. The van der Waals surface area contributed by atoms with Crippen LogP contribution in [0.2, 0.25) is 0 Å². The molecule has 0 aliphatic heterocycles. The normalized spacial score (nSPS) is 12.0. The molecule has 2 nitrogen and oxygen atoms in total. The molecule has 218 valence electrons. The van der Waals surface area contributed by atoms with E-state index >= 15 is 0 Å². The van der Waals surface area contributed by atoms with Crippen LogP contribution in [0, 0.1) is 0 Å². The van der Waals surface area contributed by atoms with Crippen LogP contribution in [0.3, 0.4) is 0 Å². The van der Waals surface area contributed by atoms with E-state index in [9.17, 15) is 0 Å². The molecule has 2 heterocycles. The molecule has 0 radical (unpaired) electrons. The molecule has 0 amide bonds. The minimum Gasteiger partial charge on any atom is -0.456 e. The van der Waals surface area contributed by atoms with E-state index in [1.54, 1.807) is 0 Å². The van der Waals surface area contributed by atoms with Gasteiger partial charge in [-0.1, -0.05) is 133 Å². The fraction of sp³-hybridized carbons (Fsp3) is 0. The van der Waals surface area contributed by atoms with Crippen LogP contribution in [-0.2, 0) is 11.8 Å². The van der Waals surface area contributed by atoms with Crippen LogP contribution in [-0.4, -0.2) is 4.57 Å². The molecule has 7 aromatic carbocycles. The molecule has 0 N–H and O–H groups in total. The average Bonchev–Trinajstić information content (AvgIpc) is 3.67. The second-order valence-corrected chi connectivity index (χ2v) is 16.0. The first-order valence-corrected chi connectivity index (χ1v) is 18.3. The smallest absolute Gasteiger partial charge is 0.136 e. The van der Waals surface area contributed by atoms with Crippen molar-refractivity contribution in [3.63, 3.8) is 0 Å². The van der Waals surface area contributed by atoms with E-state index < -0.39 is 6.04 Å². The summed E-state index contributed by atoms with van der Waals surface area (Å²) in [5.41, 5.74) is 7.61. The van der Waals surface area contributed by atoms with E-state index in [0.717, 1.165) is 38.5 Å². The molecule has 0 unspecified atom stereocenters. The summed E-state index contributed by atoms with van der Waals surface area (Å²) in [6.07, 6.45) is 0. The van der Waals surface area contributed by atoms with E-state index in [1.165, 1.54) is 38.0 Å². The predicted molar refractivity (Wildman–Crippen MR) is 200 cm³/mol. The lowest BCUT2D eigenvalue weighted by Crippen LogP contribution is -2.25. The lowest BCUT2D eigenvalue weighted by molar-refractivity contribution is 0.669. The van der Waals surface area contributed by atoms with Crippen LogP contribution in [0.25, 0.3) is 60.6 Å². The number of rotatable bonds is 5. The molecule has 0 saturated carbocycles. The third-order valence-electron chi connectivity index (χ3n) is 9.07. The van der Waals surface area contributed by atoms with Crippen LogP contribution < -0.4 is 15.9 Å². The molecular formula is C42H28NOPS. The van der Waals surface area contributed by atoms with Gasteiger partial charge >= 0.3 is 0 Å². The molecule has 0 fully saturated rings. The highest BCUT2D eigenvalue weighted by Crippen LogP contribution is 2.47. The quantitative estimate of drug-likeness (QED) is 0.177. The first-order valence-electron chi connectivity index (χ1n) is 15.5. The fourth-order valence-electron chi connectivity index (χ4n) is 6.96. The van der Waals surface area contributed by atoms with E-state index in [0.29, 0.717) is 0 Å². The maximum Gasteiger partial charge on any atom is 0.136 e. The third kappa shape index (κ3) is 4.13. The molecule has 0 saturated heterocycles. The molecule has 0 spiro atoms. The summed E-state index contributed by atoms with van der Waals surface area (Å²) in [5, 5.41) is 8.19. The van der Waals surface area contributed by atoms with Gasteiger partial charge in [0.15, 0.2) is 0 Å². The molecule has 9 aromatic rings. The van der Waals surface area contributed by atoms with E-state index in [4.69, 9.17) is 16.2 Å². The first kappa shape index (κ1) is 27.1. The molecule has 0 aliphatic carbocycles. The second-order valence-electron chi connectivity index (χ2n) is 11.7. The van der Waals surface area contributed by atoms with Crippen molar-refractivity contribution in [1.82, 2.24) is 4.57 Å². The number of hydrogen-bond acceptors (Lipinski definition) is 2. The number of nitrogens with zero attached hydrogens (tertiary/aromatic N) is 1. The van der Waals surface area contributed by atoms with Crippen molar-refractivity contribution in [2.24, 2.45) is 0 Å². The van der Waals surface area contributed by atoms with Crippen molar-refractivity contribution >= 4 is 77.5 Å². The van der Waals surface area contributed by atoms with Crippen molar-refractivity contribution in [1.29, 1.82) is 0 Å². The Balaban J connectivity index is 1.27. The van der Waals surface area contributed by atoms with Crippen molar-refractivity contribution in [3.05, 3.63) is 170 Å². The van der Waals surface area contributed by atoms with Gasteiger partial charge in [-0.2, -0.15) is 0 Å². The van der Waals surface area contributed by atoms with Gasteiger partial charge < -0.3 is 8.98 Å². The van der Waals surface area contributed by atoms with Gasteiger partial charge in [0.05, 0.1) is 11.0 Å². The Kier molecular flexibility index (Phi) is 6.31. The standard InChI is InChI=1S/C42H28NOPS/c46-45(32-15-6-2-7-16-32,33-17-8-3-9-18-33)41-22-12-21-40-42(41)36-28-30(24-26-39(36)44-40)29-23-25-38-35(27-29)34-19-10-11-20-37(34)43(38)31-13-4-1-5-14-31/h1-28H. The SMILES string of the molecule is S=P(c1ccccc1)(c1ccccc1)c1cccc2oc3ccc(-c4ccc5c(c4)c4ccccc4n5-c4ccccc4)cc3c12. The first-order chi connectivity index (χ1) is 22.7. The van der Waals surface area contributed by atoms with Gasteiger partial charge in [-0.3, -0.25) is 0 Å². The Morgan fingerprint density at radius 2 is 1.04 bits per heavy atom. The number of fused-ring (bicyclic) bond motifs is 6. The highest BCUT2D eigenvalue weighted by molar-refractivity contribution is 8.25. The topological polar surface area (TPSA) is 18.1 Å². The highest BCUT2D eigenvalue weighted by atomic mass is 32.4. The largest absolute Gasteiger partial charge is 0.456 e. The Labute approximate surface area is 272 Å². The second kappa shape index (κ2) is 10.7. The van der Waals surface area contributed by atoms with Crippen molar-refractivity contribution < 1.29 is 4.42 Å². The van der Waals surface area contributed by atoms with Crippen LogP contribution in [0.5, 0.6) is 0 Å². The number of aromatic nitrogens is 1. The number of furan rings is 1. The third-order valence-corrected chi connectivity index (χ3v) is 14.0. The fourth-order valence-corrected chi connectivity index (χ4v) is 11.0. The van der Waals surface area contributed by atoms with Gasteiger partial charge in [0.1, 0.15) is 11.2 Å². The summed E-state index contributed by atoms with van der Waals surface area (Å²) in [6, 6.07) is 57.9. The molecule has 0 atom stereocenters. The van der Waals surface area contributed by atoms with Crippen LogP contribution >= 0.6 is 6.04 Å². The average molecular weight is 626 g/mol. The zero-order valence-electron chi connectivity index (χ0n) is 24.9. The summed E-state index contributed by atoms with van der Waals surface area (Å²) in [4.78, 5) is 0. The zero-order valence-corrected chi connectivity index (χ0v) is 26.6. The Hall–Kier alpha value is -5.21. The van der Waals surface area contributed by atoms with Gasteiger partial charge in [0.2, 0.25) is 0 Å². The van der Waals surface area contributed by atoms with E-state index in [-0.39, 0.29) is 0 Å². The predicted octanol–water partition coefficient (Wildman–Crippen LogP) is 10.1. The maximum atomic E-state index is 6.79. The van der Waals surface area contributed by atoms with Crippen molar-refractivity contribution in [2.45, 2.75) is 0 Å². The van der Waals surface area contributed by atoms with Crippen LogP contribution in [0.15, 0.2) is 174 Å². The molecule has 2 aromatic heterocycles. The minimum absolute atomic E-state index is 0.868. The maximum absolute atomic E-state index is 6.79. The lowest BCUT2D eigenvalue weighted by atomic mass is 10.0. The molecule has 0 aliphatic rings.